The van der Waals surface area contributed by atoms with Gasteiger partial charge in [0.15, 0.2) is 0 Å². The first kappa shape index (κ1) is 18.4. The van der Waals surface area contributed by atoms with E-state index in [1.54, 1.807) is 6.66 Å². The largest absolute Gasteiger partial charge is 0.468 e. The first-order valence-electron chi connectivity index (χ1n) is 6.03. The van der Waals surface area contributed by atoms with Crippen molar-refractivity contribution in [1.82, 2.24) is 0 Å². The van der Waals surface area contributed by atoms with Crippen molar-refractivity contribution in [3.05, 3.63) is 0 Å². The van der Waals surface area contributed by atoms with Gasteiger partial charge in [-0.1, -0.05) is 37.6 Å². The standard InChI is InChI=1S/C11H23O4PS2/c1-4-5-6-7-8-15-16(3,13)18-10-17-9-11(12)14-2/h4-10H2,1-3H3. The molecule has 0 aromatic heterocycles. The molecule has 0 aromatic carbocycles. The molecule has 0 heterocycles. The number of thioether (sulfide) groups is 1. The summed E-state index contributed by atoms with van der Waals surface area (Å²) in [6, 6.07) is 0. The summed E-state index contributed by atoms with van der Waals surface area (Å²) < 4.78 is 21.9. The minimum Gasteiger partial charge on any atom is -0.468 e. The SMILES string of the molecule is CCCCCCOP(C)(=O)SCSCC(=O)OC. The lowest BCUT2D eigenvalue weighted by Crippen LogP contribution is -2.03. The van der Waals surface area contributed by atoms with Crippen molar-refractivity contribution in [2.24, 2.45) is 0 Å². The van der Waals surface area contributed by atoms with Crippen molar-refractivity contribution in [3.8, 4) is 0 Å². The van der Waals surface area contributed by atoms with Crippen LogP contribution in [0.15, 0.2) is 0 Å². The number of carbonyl (C=O) groups is 1. The molecule has 0 rings (SSSR count). The van der Waals surface area contributed by atoms with Gasteiger partial charge >= 0.3 is 5.97 Å². The molecule has 0 N–H and O–H groups in total. The summed E-state index contributed by atoms with van der Waals surface area (Å²) in [6.45, 7) is 1.78. The van der Waals surface area contributed by atoms with Crippen LogP contribution in [0, 0.1) is 0 Å². The smallest absolute Gasteiger partial charge is 0.315 e. The Morgan fingerprint density at radius 3 is 2.61 bits per heavy atom. The monoisotopic (exact) mass is 314 g/mol. The molecular weight excluding hydrogens is 291 g/mol. The molecule has 108 valence electrons. The first-order valence-corrected chi connectivity index (χ1v) is 10.8. The predicted molar refractivity (Wildman–Crippen MR) is 80.6 cm³/mol. The van der Waals surface area contributed by atoms with Crippen molar-refractivity contribution >= 4 is 35.7 Å². The van der Waals surface area contributed by atoms with E-state index in [9.17, 15) is 9.36 Å². The van der Waals surface area contributed by atoms with Gasteiger partial charge in [0.1, 0.15) is 0 Å². The second-order valence-electron chi connectivity index (χ2n) is 3.84. The highest BCUT2D eigenvalue weighted by Gasteiger charge is 2.16. The zero-order valence-corrected chi connectivity index (χ0v) is 13.9. The summed E-state index contributed by atoms with van der Waals surface area (Å²) in [7, 11) is 1.36. The summed E-state index contributed by atoms with van der Waals surface area (Å²) in [4.78, 5) is 10.9. The topological polar surface area (TPSA) is 52.6 Å². The highest BCUT2D eigenvalue weighted by molar-refractivity contribution is 8.58. The molecule has 1 unspecified atom stereocenters. The maximum absolute atomic E-state index is 12.0. The maximum Gasteiger partial charge on any atom is 0.315 e. The van der Waals surface area contributed by atoms with Crippen LogP contribution >= 0.6 is 29.7 Å². The average molecular weight is 314 g/mol. The lowest BCUT2D eigenvalue weighted by atomic mass is 10.2. The second-order valence-corrected chi connectivity index (χ2v) is 10.3. The Hall–Kier alpha value is 0.360. The van der Waals surface area contributed by atoms with E-state index in [0.29, 0.717) is 17.4 Å². The molecule has 18 heavy (non-hydrogen) atoms. The number of esters is 1. The zero-order valence-electron chi connectivity index (χ0n) is 11.3. The molecule has 0 bridgehead atoms. The van der Waals surface area contributed by atoms with Gasteiger partial charge in [-0.15, -0.1) is 11.8 Å². The van der Waals surface area contributed by atoms with Crippen LogP contribution in [0.1, 0.15) is 32.6 Å². The molecule has 0 aromatic rings. The van der Waals surface area contributed by atoms with Crippen LogP contribution in [0.3, 0.4) is 0 Å². The fourth-order valence-corrected chi connectivity index (χ4v) is 6.17. The van der Waals surface area contributed by atoms with Gasteiger partial charge in [-0.25, -0.2) is 0 Å². The Bertz CT molecular complexity index is 274. The molecule has 4 nitrogen and oxygen atoms in total. The van der Waals surface area contributed by atoms with Crippen LogP contribution in [0.25, 0.3) is 0 Å². The summed E-state index contributed by atoms with van der Waals surface area (Å²) in [5.41, 5.74) is 0. The Morgan fingerprint density at radius 1 is 1.28 bits per heavy atom. The van der Waals surface area contributed by atoms with Gasteiger partial charge in [-0.3, -0.25) is 9.36 Å². The third-order valence-electron chi connectivity index (χ3n) is 2.14. The molecular formula is C11H23O4PS2. The molecule has 0 fully saturated rings. The average Bonchev–Trinajstić information content (AvgIpc) is 2.34. The van der Waals surface area contributed by atoms with Crippen molar-refractivity contribution in [3.63, 3.8) is 0 Å². The Labute approximate surface area is 118 Å². The van der Waals surface area contributed by atoms with Crippen LogP contribution in [0.4, 0.5) is 0 Å². The molecule has 0 radical (unpaired) electrons. The van der Waals surface area contributed by atoms with E-state index in [1.807, 2.05) is 0 Å². The van der Waals surface area contributed by atoms with E-state index in [-0.39, 0.29) is 5.97 Å². The van der Waals surface area contributed by atoms with Gasteiger partial charge in [-0.05, 0) is 6.42 Å². The first-order chi connectivity index (χ1) is 8.52. The molecule has 0 aliphatic rings. The normalized spacial score (nSPS) is 14.2. The van der Waals surface area contributed by atoms with Gasteiger partial charge in [0, 0.05) is 11.7 Å². The molecule has 0 saturated heterocycles. The van der Waals surface area contributed by atoms with Crippen molar-refractivity contribution in [1.29, 1.82) is 0 Å². The summed E-state index contributed by atoms with van der Waals surface area (Å²) in [6.07, 6.45) is 4.46. The number of hydrogen-bond donors (Lipinski definition) is 0. The number of hydrogen-bond acceptors (Lipinski definition) is 6. The van der Waals surface area contributed by atoms with Crippen molar-refractivity contribution in [2.45, 2.75) is 32.6 Å². The van der Waals surface area contributed by atoms with Gasteiger partial charge in [0.05, 0.1) is 19.5 Å². The van der Waals surface area contributed by atoms with Crippen LogP contribution in [-0.2, 0) is 18.6 Å². The summed E-state index contributed by atoms with van der Waals surface area (Å²) in [5, 5.41) is 0.581. The van der Waals surface area contributed by atoms with E-state index in [4.69, 9.17) is 4.52 Å². The number of ether oxygens (including phenoxy) is 1. The molecule has 0 amide bonds. The Kier molecular flexibility index (Phi) is 11.4. The van der Waals surface area contributed by atoms with Crippen LogP contribution in [0.2, 0.25) is 0 Å². The van der Waals surface area contributed by atoms with Gasteiger partial charge < -0.3 is 9.26 Å². The lowest BCUT2D eigenvalue weighted by Gasteiger charge is -2.12. The fourth-order valence-electron chi connectivity index (χ4n) is 1.11. The van der Waals surface area contributed by atoms with E-state index in [1.165, 1.54) is 43.1 Å². The lowest BCUT2D eigenvalue weighted by molar-refractivity contribution is -0.137. The summed E-state index contributed by atoms with van der Waals surface area (Å²) in [5.74, 6) is 0.0343. The predicted octanol–water partition coefficient (Wildman–Crippen LogP) is 4.00. The molecule has 0 aliphatic carbocycles. The molecule has 0 spiro atoms. The highest BCUT2D eigenvalue weighted by atomic mass is 32.7. The Balaban J connectivity index is 3.54. The number of methoxy groups -OCH3 is 1. The van der Waals surface area contributed by atoms with E-state index in [2.05, 4.69) is 11.7 Å². The third kappa shape index (κ3) is 11.5. The van der Waals surface area contributed by atoms with E-state index >= 15 is 0 Å². The highest BCUT2D eigenvalue weighted by Crippen LogP contribution is 2.57. The van der Waals surface area contributed by atoms with Crippen LogP contribution in [-0.4, -0.2) is 37.2 Å². The van der Waals surface area contributed by atoms with Crippen molar-refractivity contribution in [2.75, 3.05) is 31.2 Å². The number of rotatable bonds is 11. The molecule has 7 heteroatoms. The fraction of sp³-hybridized carbons (Fsp3) is 0.909. The molecule has 0 aliphatic heterocycles. The minimum atomic E-state index is -2.57. The van der Waals surface area contributed by atoms with Gasteiger partial charge in [0.25, 0.3) is 6.57 Å². The van der Waals surface area contributed by atoms with E-state index in [0.717, 1.165) is 12.8 Å². The zero-order chi connectivity index (χ0) is 13.9. The number of carbonyl (C=O) groups excluding carboxylic acids is 1. The third-order valence-corrected chi connectivity index (χ3v) is 7.46. The molecule has 1 atom stereocenters. The second kappa shape index (κ2) is 11.2. The minimum absolute atomic E-state index is 0.257. The van der Waals surface area contributed by atoms with Crippen LogP contribution in [0.5, 0.6) is 0 Å². The van der Waals surface area contributed by atoms with Crippen LogP contribution < -0.4 is 0 Å². The Morgan fingerprint density at radius 2 is 2.00 bits per heavy atom. The summed E-state index contributed by atoms with van der Waals surface area (Å²) >= 11 is 2.68. The van der Waals surface area contributed by atoms with Crippen molar-refractivity contribution < 1.29 is 18.6 Å². The molecule has 0 saturated carbocycles. The number of unbranched alkanes of at least 4 members (excludes halogenated alkanes) is 3. The quantitative estimate of drug-likeness (QED) is 0.249. The van der Waals surface area contributed by atoms with E-state index < -0.39 is 6.57 Å². The maximum atomic E-state index is 12.0. The van der Waals surface area contributed by atoms with Gasteiger partial charge in [0.2, 0.25) is 0 Å². The van der Waals surface area contributed by atoms with Gasteiger partial charge in [-0.2, -0.15) is 0 Å².